The molecule has 0 aromatic heterocycles. The Morgan fingerprint density at radius 1 is 1.08 bits per heavy atom. The van der Waals surface area contributed by atoms with Gasteiger partial charge in [-0.1, -0.05) is 44.5 Å². The van der Waals surface area contributed by atoms with Gasteiger partial charge in [-0.15, -0.1) is 0 Å². The van der Waals surface area contributed by atoms with Crippen molar-refractivity contribution in [2.75, 3.05) is 19.6 Å². The molecule has 1 fully saturated rings. The lowest BCUT2D eigenvalue weighted by atomic mass is 10.0. The van der Waals surface area contributed by atoms with Crippen molar-refractivity contribution < 1.29 is 9.59 Å². The van der Waals surface area contributed by atoms with E-state index in [0.717, 1.165) is 25.2 Å². The standard InChI is InChI=1S/C20H32N4O2/c1-15(2)19(21)20(26)23-13-18(25)22-12-16-8-4-5-9-17(16)14-24-10-6-3-7-11-24/h4-5,8-9,15,19H,3,6-7,10-14,21H2,1-2H3,(H,22,25)(H,23,26)/t19-/m0/s1. The van der Waals surface area contributed by atoms with E-state index in [2.05, 4.69) is 21.6 Å². The summed E-state index contributed by atoms with van der Waals surface area (Å²) in [6.07, 6.45) is 3.84. The summed E-state index contributed by atoms with van der Waals surface area (Å²) >= 11 is 0. The van der Waals surface area contributed by atoms with Crippen LogP contribution in [0.1, 0.15) is 44.2 Å². The van der Waals surface area contributed by atoms with Crippen molar-refractivity contribution in [1.82, 2.24) is 15.5 Å². The number of likely N-dealkylation sites (tertiary alicyclic amines) is 1. The van der Waals surface area contributed by atoms with Gasteiger partial charge in [-0.05, 0) is 43.0 Å². The molecule has 6 heteroatoms. The van der Waals surface area contributed by atoms with Gasteiger partial charge >= 0.3 is 0 Å². The number of hydrogen-bond acceptors (Lipinski definition) is 4. The van der Waals surface area contributed by atoms with E-state index in [1.165, 1.54) is 24.8 Å². The molecule has 1 heterocycles. The van der Waals surface area contributed by atoms with E-state index >= 15 is 0 Å². The Bertz CT molecular complexity index is 597. The van der Waals surface area contributed by atoms with Gasteiger partial charge in [0.25, 0.3) is 0 Å². The predicted octanol–water partition coefficient (Wildman–Crippen LogP) is 1.39. The summed E-state index contributed by atoms with van der Waals surface area (Å²) < 4.78 is 0. The molecule has 1 saturated heterocycles. The largest absolute Gasteiger partial charge is 0.350 e. The summed E-state index contributed by atoms with van der Waals surface area (Å²) in [5.74, 6) is -0.456. The number of nitrogens with two attached hydrogens (primary N) is 1. The summed E-state index contributed by atoms with van der Waals surface area (Å²) in [6, 6.07) is 7.61. The van der Waals surface area contributed by atoms with Crippen LogP contribution in [0.4, 0.5) is 0 Å². The third-order valence-electron chi connectivity index (χ3n) is 4.88. The molecule has 6 nitrogen and oxygen atoms in total. The molecule has 0 bridgehead atoms. The second-order valence-electron chi connectivity index (χ2n) is 7.37. The molecule has 144 valence electrons. The molecule has 1 aliphatic heterocycles. The van der Waals surface area contributed by atoms with Crippen LogP contribution in [0.15, 0.2) is 24.3 Å². The molecule has 0 spiro atoms. The Kier molecular flexibility index (Phi) is 8.06. The molecule has 0 radical (unpaired) electrons. The summed E-state index contributed by atoms with van der Waals surface area (Å²) in [5.41, 5.74) is 8.14. The molecule has 1 aliphatic rings. The molecule has 2 rings (SSSR count). The smallest absolute Gasteiger partial charge is 0.239 e. The van der Waals surface area contributed by atoms with Gasteiger partial charge in [-0.25, -0.2) is 0 Å². The van der Waals surface area contributed by atoms with Crippen molar-refractivity contribution in [2.24, 2.45) is 11.7 Å². The number of nitrogens with zero attached hydrogens (tertiary/aromatic N) is 1. The summed E-state index contributed by atoms with van der Waals surface area (Å²) in [4.78, 5) is 26.3. The quantitative estimate of drug-likeness (QED) is 0.654. The average molecular weight is 361 g/mol. The summed E-state index contributed by atoms with van der Waals surface area (Å²) in [6.45, 7) is 7.38. The number of hydrogen-bond donors (Lipinski definition) is 3. The van der Waals surface area contributed by atoms with E-state index in [4.69, 9.17) is 5.73 Å². The highest BCUT2D eigenvalue weighted by molar-refractivity contribution is 5.87. The summed E-state index contributed by atoms with van der Waals surface area (Å²) in [5, 5.41) is 5.48. The van der Waals surface area contributed by atoms with E-state index in [9.17, 15) is 9.59 Å². The first-order valence-corrected chi connectivity index (χ1v) is 9.56. The maximum Gasteiger partial charge on any atom is 0.239 e. The van der Waals surface area contributed by atoms with Crippen molar-refractivity contribution in [1.29, 1.82) is 0 Å². The molecule has 2 amide bonds. The number of piperidine rings is 1. The van der Waals surface area contributed by atoms with Crippen LogP contribution in [-0.4, -0.2) is 42.4 Å². The summed E-state index contributed by atoms with van der Waals surface area (Å²) in [7, 11) is 0. The van der Waals surface area contributed by atoms with E-state index in [-0.39, 0.29) is 24.3 Å². The first-order chi connectivity index (χ1) is 12.5. The SMILES string of the molecule is CC(C)[C@H](N)C(=O)NCC(=O)NCc1ccccc1CN1CCCCC1. The van der Waals surface area contributed by atoms with Crippen molar-refractivity contribution in [2.45, 2.75) is 52.2 Å². The fourth-order valence-corrected chi connectivity index (χ4v) is 3.09. The second kappa shape index (κ2) is 10.3. The number of nitrogens with one attached hydrogen (secondary N) is 2. The van der Waals surface area contributed by atoms with Gasteiger partial charge in [-0.2, -0.15) is 0 Å². The van der Waals surface area contributed by atoms with Gasteiger partial charge in [0.1, 0.15) is 0 Å². The molecular weight excluding hydrogens is 328 g/mol. The highest BCUT2D eigenvalue weighted by Crippen LogP contribution is 2.16. The predicted molar refractivity (Wildman–Crippen MR) is 103 cm³/mol. The van der Waals surface area contributed by atoms with Gasteiger partial charge in [-0.3, -0.25) is 14.5 Å². The zero-order chi connectivity index (χ0) is 18.9. The fourth-order valence-electron chi connectivity index (χ4n) is 3.09. The fraction of sp³-hybridized carbons (Fsp3) is 0.600. The van der Waals surface area contributed by atoms with E-state index in [0.29, 0.717) is 6.54 Å². The van der Waals surface area contributed by atoms with Gasteiger partial charge in [0.05, 0.1) is 12.6 Å². The maximum atomic E-state index is 12.0. The Labute approximate surface area is 156 Å². The average Bonchev–Trinajstić information content (AvgIpc) is 2.65. The number of benzene rings is 1. The molecule has 4 N–H and O–H groups in total. The van der Waals surface area contributed by atoms with Crippen LogP contribution < -0.4 is 16.4 Å². The second-order valence-corrected chi connectivity index (χ2v) is 7.37. The lowest BCUT2D eigenvalue weighted by Gasteiger charge is -2.27. The van der Waals surface area contributed by atoms with Crippen molar-refractivity contribution in [3.05, 3.63) is 35.4 Å². The van der Waals surface area contributed by atoms with Crippen molar-refractivity contribution in [3.8, 4) is 0 Å². The molecular formula is C20H32N4O2. The minimum absolute atomic E-state index is 0.0414. The Balaban J connectivity index is 1.81. The van der Waals surface area contributed by atoms with E-state index in [1.54, 1.807) is 0 Å². The maximum absolute atomic E-state index is 12.0. The molecule has 26 heavy (non-hydrogen) atoms. The van der Waals surface area contributed by atoms with Crippen molar-refractivity contribution in [3.63, 3.8) is 0 Å². The number of rotatable bonds is 8. The molecule has 1 aromatic carbocycles. The van der Waals surface area contributed by atoms with E-state index in [1.807, 2.05) is 32.0 Å². The van der Waals surface area contributed by atoms with Gasteiger partial charge in [0.2, 0.25) is 11.8 Å². The van der Waals surface area contributed by atoms with Crippen LogP contribution >= 0.6 is 0 Å². The van der Waals surface area contributed by atoms with Gasteiger partial charge in [0.15, 0.2) is 0 Å². The minimum Gasteiger partial charge on any atom is -0.350 e. The number of carbonyl (C=O) groups excluding carboxylic acids is 2. The monoisotopic (exact) mass is 360 g/mol. The molecule has 1 aromatic rings. The number of carbonyl (C=O) groups is 2. The van der Waals surface area contributed by atoms with Crippen molar-refractivity contribution >= 4 is 11.8 Å². The van der Waals surface area contributed by atoms with Crippen LogP contribution in [0.3, 0.4) is 0 Å². The zero-order valence-electron chi connectivity index (χ0n) is 16.0. The third kappa shape index (κ3) is 6.42. The normalized spacial score (nSPS) is 16.3. The Hall–Kier alpha value is -1.92. The van der Waals surface area contributed by atoms with Crippen LogP contribution in [-0.2, 0) is 22.7 Å². The molecule has 0 aliphatic carbocycles. The van der Waals surface area contributed by atoms with Crippen LogP contribution in [0, 0.1) is 5.92 Å². The van der Waals surface area contributed by atoms with Crippen LogP contribution in [0.25, 0.3) is 0 Å². The van der Waals surface area contributed by atoms with Gasteiger partial charge in [0, 0.05) is 13.1 Å². The highest BCUT2D eigenvalue weighted by Gasteiger charge is 2.17. The zero-order valence-corrected chi connectivity index (χ0v) is 16.0. The topological polar surface area (TPSA) is 87.5 Å². The molecule has 0 saturated carbocycles. The Morgan fingerprint density at radius 2 is 1.73 bits per heavy atom. The first-order valence-electron chi connectivity index (χ1n) is 9.56. The minimum atomic E-state index is -0.590. The number of amides is 2. The van der Waals surface area contributed by atoms with Crippen LogP contribution in [0.2, 0.25) is 0 Å². The first kappa shape index (κ1) is 20.4. The third-order valence-corrected chi connectivity index (χ3v) is 4.88. The molecule has 0 unspecified atom stereocenters. The van der Waals surface area contributed by atoms with E-state index < -0.39 is 6.04 Å². The lowest BCUT2D eigenvalue weighted by molar-refractivity contribution is -0.127. The van der Waals surface area contributed by atoms with Crippen LogP contribution in [0.5, 0.6) is 0 Å². The Morgan fingerprint density at radius 3 is 2.38 bits per heavy atom. The lowest BCUT2D eigenvalue weighted by Crippen LogP contribution is -2.47. The highest BCUT2D eigenvalue weighted by atomic mass is 16.2. The molecule has 1 atom stereocenters. The van der Waals surface area contributed by atoms with Gasteiger partial charge < -0.3 is 16.4 Å².